The molecule has 0 saturated heterocycles. The van der Waals surface area contributed by atoms with Crippen LogP contribution in [0.4, 0.5) is 11.4 Å². The Kier molecular flexibility index (Phi) is 17.7. The Hall–Kier alpha value is -3.19. The molecule has 0 bridgehead atoms. The summed E-state index contributed by atoms with van der Waals surface area (Å²) in [6.07, 6.45) is 10.9. The topological polar surface area (TPSA) is 96.9 Å². The molecule has 2 aromatic carbocycles. The van der Waals surface area contributed by atoms with Gasteiger partial charge < -0.3 is 43.8 Å². The summed E-state index contributed by atoms with van der Waals surface area (Å²) < 4.78 is 41.4. The van der Waals surface area contributed by atoms with Crippen LogP contribution in [0.5, 0.6) is 0 Å². The average Bonchev–Trinajstić information content (AvgIpc) is 3.49. The van der Waals surface area contributed by atoms with Gasteiger partial charge in [-0.1, -0.05) is 68.5 Å². The third-order valence-electron chi connectivity index (χ3n) is 9.43. The van der Waals surface area contributed by atoms with Gasteiger partial charge >= 0.3 is 0 Å². The lowest BCUT2D eigenvalue weighted by atomic mass is 9.81. The number of ether oxygens (including phenoxy) is 7. The van der Waals surface area contributed by atoms with Crippen LogP contribution in [0, 0.1) is 0 Å². The van der Waals surface area contributed by atoms with Crippen LogP contribution in [-0.2, 0) is 44.0 Å². The molecule has 0 amide bonds. The summed E-state index contributed by atoms with van der Waals surface area (Å²) >= 11 is 0. The van der Waals surface area contributed by atoms with E-state index in [2.05, 4.69) is 116 Å². The summed E-state index contributed by atoms with van der Waals surface area (Å²) in [5.74, 6) is 0. The van der Waals surface area contributed by atoms with E-state index in [1.54, 1.807) is 7.11 Å². The highest BCUT2D eigenvalue weighted by Crippen LogP contribution is 2.47. The van der Waals surface area contributed by atoms with Crippen molar-refractivity contribution >= 4 is 17.1 Å². The molecule has 0 spiro atoms. The Morgan fingerprint density at radius 1 is 0.615 bits per heavy atom. The SMILES string of the molecule is COCCOCCOCCOCC[N+]1=C(/C=C/C=C/C=C2/N(CCOCCOCCOCCN)c3ccccc3C2(C)C)C(C)(C)c2ccccc21. The number of rotatable bonds is 26. The van der Waals surface area contributed by atoms with Crippen molar-refractivity contribution in [2.75, 3.05) is 118 Å². The highest BCUT2D eigenvalue weighted by Gasteiger charge is 2.44. The number of hydrogen-bond acceptors (Lipinski definition) is 9. The maximum absolute atomic E-state index is 5.98. The summed E-state index contributed by atoms with van der Waals surface area (Å²) in [5, 5.41) is 0. The molecular weight excluding hydrogens is 658 g/mol. The molecule has 0 radical (unpaired) electrons. The Bertz CT molecular complexity index is 1480. The van der Waals surface area contributed by atoms with E-state index in [0.29, 0.717) is 92.4 Å². The van der Waals surface area contributed by atoms with Gasteiger partial charge in [0.2, 0.25) is 5.69 Å². The molecular formula is C42H62N3O7+. The summed E-state index contributed by atoms with van der Waals surface area (Å²) in [4.78, 5) is 2.39. The van der Waals surface area contributed by atoms with E-state index in [0.717, 1.165) is 13.1 Å². The molecule has 2 aliphatic rings. The van der Waals surface area contributed by atoms with Gasteiger partial charge in [0.25, 0.3) is 0 Å². The summed E-state index contributed by atoms with van der Waals surface area (Å²) in [5.41, 5.74) is 12.8. The molecule has 2 N–H and O–H groups in total. The van der Waals surface area contributed by atoms with Crippen molar-refractivity contribution in [3.05, 3.63) is 95.7 Å². The summed E-state index contributed by atoms with van der Waals surface area (Å²) in [7, 11) is 1.67. The van der Waals surface area contributed by atoms with E-state index < -0.39 is 0 Å². The standard InChI is InChI=1S/C42H62N3O7/c1-41(2)35-13-9-11-15-37(35)44(20-23-48-28-31-51-30-27-47-22-19-43)39(41)17-7-6-8-18-40-42(3,4)36-14-10-12-16-38(36)45(40)21-24-49-29-32-52-34-33-50-26-25-46-5/h6-18H,19-34,43H2,1-5H3/q+1. The van der Waals surface area contributed by atoms with Gasteiger partial charge in [0.15, 0.2) is 12.3 Å². The van der Waals surface area contributed by atoms with Gasteiger partial charge in [0, 0.05) is 54.7 Å². The second-order valence-corrected chi connectivity index (χ2v) is 13.7. The second kappa shape index (κ2) is 22.1. The molecule has 2 aliphatic heterocycles. The predicted octanol–water partition coefficient (Wildman–Crippen LogP) is 5.56. The molecule has 0 atom stereocenters. The first kappa shape index (κ1) is 41.6. The van der Waals surface area contributed by atoms with E-state index in [4.69, 9.17) is 38.9 Å². The maximum atomic E-state index is 5.98. The van der Waals surface area contributed by atoms with Crippen molar-refractivity contribution < 1.29 is 37.7 Å². The number of nitrogens with zero attached hydrogens (tertiary/aromatic N) is 2. The Labute approximate surface area is 311 Å². The van der Waals surface area contributed by atoms with Crippen LogP contribution >= 0.6 is 0 Å². The van der Waals surface area contributed by atoms with Crippen molar-refractivity contribution in [3.63, 3.8) is 0 Å². The Morgan fingerprint density at radius 2 is 1.17 bits per heavy atom. The fraction of sp³-hybridized carbons (Fsp3) is 0.548. The number of para-hydroxylation sites is 2. The number of benzene rings is 2. The number of anilines is 1. The van der Waals surface area contributed by atoms with Crippen LogP contribution in [-0.4, -0.2) is 123 Å². The smallest absolute Gasteiger partial charge is 0.209 e. The zero-order valence-electron chi connectivity index (χ0n) is 32.1. The highest BCUT2D eigenvalue weighted by molar-refractivity contribution is 6.03. The molecule has 4 rings (SSSR count). The lowest BCUT2D eigenvalue weighted by Gasteiger charge is -2.27. The molecule has 2 aromatic rings. The predicted molar refractivity (Wildman–Crippen MR) is 208 cm³/mol. The molecule has 0 fully saturated rings. The van der Waals surface area contributed by atoms with Gasteiger partial charge in [-0.15, -0.1) is 0 Å². The van der Waals surface area contributed by atoms with Gasteiger partial charge in [-0.3, -0.25) is 0 Å². The summed E-state index contributed by atoms with van der Waals surface area (Å²) in [6.45, 7) is 18.5. The molecule has 0 aliphatic carbocycles. The number of nitrogens with two attached hydrogens (primary N) is 1. The van der Waals surface area contributed by atoms with Crippen molar-refractivity contribution in [2.24, 2.45) is 5.73 Å². The highest BCUT2D eigenvalue weighted by atomic mass is 16.6. The van der Waals surface area contributed by atoms with Gasteiger partial charge in [0.05, 0.1) is 84.7 Å². The number of fused-ring (bicyclic) bond motifs is 2. The Morgan fingerprint density at radius 3 is 1.83 bits per heavy atom. The van der Waals surface area contributed by atoms with E-state index >= 15 is 0 Å². The normalized spacial score (nSPS) is 17.0. The van der Waals surface area contributed by atoms with Crippen LogP contribution in [0.1, 0.15) is 38.8 Å². The van der Waals surface area contributed by atoms with Crippen LogP contribution in [0.25, 0.3) is 0 Å². The van der Waals surface area contributed by atoms with E-state index in [1.165, 1.54) is 33.9 Å². The van der Waals surface area contributed by atoms with E-state index in [1.807, 2.05) is 0 Å². The van der Waals surface area contributed by atoms with Crippen molar-refractivity contribution in [1.29, 1.82) is 0 Å². The quantitative estimate of drug-likeness (QED) is 0.0762. The molecule has 10 heteroatoms. The number of methoxy groups -OCH3 is 1. The monoisotopic (exact) mass is 720 g/mol. The first-order valence-electron chi connectivity index (χ1n) is 18.7. The minimum atomic E-state index is -0.138. The first-order chi connectivity index (χ1) is 25.3. The largest absolute Gasteiger partial charge is 0.382 e. The van der Waals surface area contributed by atoms with Gasteiger partial charge in [-0.2, -0.15) is 4.58 Å². The lowest BCUT2D eigenvalue weighted by molar-refractivity contribution is -0.442. The van der Waals surface area contributed by atoms with Crippen molar-refractivity contribution in [3.8, 4) is 0 Å². The fourth-order valence-corrected chi connectivity index (χ4v) is 6.74. The zero-order chi connectivity index (χ0) is 37.1. The average molecular weight is 721 g/mol. The van der Waals surface area contributed by atoms with E-state index in [-0.39, 0.29) is 10.8 Å². The molecule has 286 valence electrons. The Balaban J connectivity index is 1.36. The van der Waals surface area contributed by atoms with Crippen molar-refractivity contribution in [2.45, 2.75) is 38.5 Å². The van der Waals surface area contributed by atoms with Crippen LogP contribution < -0.4 is 10.6 Å². The number of hydrogen-bond donors (Lipinski definition) is 1. The third kappa shape index (κ3) is 11.7. The molecule has 10 nitrogen and oxygen atoms in total. The summed E-state index contributed by atoms with van der Waals surface area (Å²) in [6, 6.07) is 17.3. The van der Waals surface area contributed by atoms with Gasteiger partial charge in [-0.25, -0.2) is 0 Å². The van der Waals surface area contributed by atoms with Crippen molar-refractivity contribution in [1.82, 2.24) is 0 Å². The minimum Gasteiger partial charge on any atom is -0.382 e. The molecule has 0 unspecified atom stereocenters. The lowest BCUT2D eigenvalue weighted by Crippen LogP contribution is -2.29. The third-order valence-corrected chi connectivity index (χ3v) is 9.43. The minimum absolute atomic E-state index is 0.138. The van der Waals surface area contributed by atoms with Gasteiger partial charge in [-0.05, 0) is 31.6 Å². The zero-order valence-corrected chi connectivity index (χ0v) is 32.1. The van der Waals surface area contributed by atoms with Gasteiger partial charge in [0.1, 0.15) is 6.61 Å². The van der Waals surface area contributed by atoms with Crippen LogP contribution in [0.3, 0.4) is 0 Å². The second-order valence-electron chi connectivity index (χ2n) is 13.7. The first-order valence-corrected chi connectivity index (χ1v) is 18.7. The van der Waals surface area contributed by atoms with Crippen LogP contribution in [0.15, 0.2) is 84.6 Å². The molecule has 52 heavy (non-hydrogen) atoms. The molecule has 2 heterocycles. The van der Waals surface area contributed by atoms with E-state index in [9.17, 15) is 0 Å². The maximum Gasteiger partial charge on any atom is 0.209 e. The fourth-order valence-electron chi connectivity index (χ4n) is 6.74. The van der Waals surface area contributed by atoms with Crippen LogP contribution in [0.2, 0.25) is 0 Å². The molecule has 0 saturated carbocycles. The molecule has 0 aromatic heterocycles. The number of allylic oxidation sites excluding steroid dienone is 6.